The fraction of sp³-hybridized carbons (Fsp3) is 0.176. The molecule has 3 aromatic rings. The normalized spacial score (nSPS) is 14.3. The monoisotopic (exact) mass is 313 g/mol. The van der Waals surface area contributed by atoms with E-state index in [1.54, 1.807) is 12.1 Å². The van der Waals surface area contributed by atoms with Crippen molar-refractivity contribution in [2.45, 2.75) is 18.9 Å². The van der Waals surface area contributed by atoms with E-state index in [-0.39, 0.29) is 5.82 Å². The smallest absolute Gasteiger partial charge is 0.162 e. The van der Waals surface area contributed by atoms with E-state index in [1.807, 2.05) is 18.2 Å². The van der Waals surface area contributed by atoms with Crippen LogP contribution in [0.25, 0.3) is 22.3 Å². The van der Waals surface area contributed by atoms with Crippen molar-refractivity contribution >= 4 is 28.3 Å². The van der Waals surface area contributed by atoms with Gasteiger partial charge in [-0.05, 0) is 55.3 Å². The van der Waals surface area contributed by atoms with Crippen molar-refractivity contribution in [3.63, 3.8) is 0 Å². The van der Waals surface area contributed by atoms with Gasteiger partial charge >= 0.3 is 0 Å². The molecule has 2 aromatic carbocycles. The molecule has 1 aliphatic carbocycles. The molecular formula is C17H13ClFN3. The summed E-state index contributed by atoms with van der Waals surface area (Å²) in [4.78, 5) is 9.19. The second-order valence-electron chi connectivity index (χ2n) is 5.48. The number of halogens is 2. The Labute approximate surface area is 132 Å². The van der Waals surface area contributed by atoms with E-state index in [0.29, 0.717) is 16.9 Å². The molecule has 0 spiro atoms. The van der Waals surface area contributed by atoms with Gasteiger partial charge in [0.15, 0.2) is 5.82 Å². The quantitative estimate of drug-likeness (QED) is 0.764. The van der Waals surface area contributed by atoms with Crippen molar-refractivity contribution in [2.75, 3.05) is 5.32 Å². The van der Waals surface area contributed by atoms with Crippen LogP contribution in [-0.2, 0) is 0 Å². The topological polar surface area (TPSA) is 37.8 Å². The summed E-state index contributed by atoms with van der Waals surface area (Å²) < 4.78 is 13.1. The number of rotatable bonds is 3. The molecule has 0 amide bonds. The first kappa shape index (κ1) is 13.5. The molecule has 4 rings (SSSR count). The van der Waals surface area contributed by atoms with Crippen LogP contribution < -0.4 is 5.32 Å². The molecule has 0 radical (unpaired) electrons. The van der Waals surface area contributed by atoms with Gasteiger partial charge < -0.3 is 5.32 Å². The predicted octanol–water partition coefficient (Wildman–Crippen LogP) is 4.66. The first-order chi connectivity index (χ1) is 10.7. The lowest BCUT2D eigenvalue weighted by molar-refractivity contribution is 0.628. The first-order valence-electron chi connectivity index (χ1n) is 7.19. The van der Waals surface area contributed by atoms with Crippen molar-refractivity contribution in [1.82, 2.24) is 9.97 Å². The van der Waals surface area contributed by atoms with Gasteiger partial charge in [-0.1, -0.05) is 11.6 Å². The maximum Gasteiger partial charge on any atom is 0.162 e. The number of nitrogens with one attached hydrogen (secondary N) is 1. The standard InChI is InChI=1S/C17H13ClFN3/c18-11-3-8-14-15(9-11)21-16(10-1-4-12(19)5-2-10)22-17(14)20-13-6-7-13/h1-5,8-9,13H,6-7H2,(H,20,21,22). The minimum Gasteiger partial charge on any atom is -0.367 e. The van der Waals surface area contributed by atoms with Gasteiger partial charge in [0.2, 0.25) is 0 Å². The zero-order valence-corrected chi connectivity index (χ0v) is 12.4. The minimum absolute atomic E-state index is 0.274. The number of hydrogen-bond donors (Lipinski definition) is 1. The van der Waals surface area contributed by atoms with E-state index in [9.17, 15) is 4.39 Å². The Morgan fingerprint density at radius 2 is 1.82 bits per heavy atom. The zero-order valence-electron chi connectivity index (χ0n) is 11.7. The summed E-state index contributed by atoms with van der Waals surface area (Å²) in [5, 5.41) is 5.01. The number of anilines is 1. The zero-order chi connectivity index (χ0) is 15.1. The Hall–Kier alpha value is -2.20. The Morgan fingerprint density at radius 1 is 1.05 bits per heavy atom. The van der Waals surface area contributed by atoms with E-state index in [0.717, 1.165) is 35.1 Å². The van der Waals surface area contributed by atoms with Gasteiger partial charge in [0.05, 0.1) is 5.52 Å². The van der Waals surface area contributed by atoms with Crippen LogP contribution in [0.1, 0.15) is 12.8 Å². The second kappa shape index (κ2) is 5.21. The molecular weight excluding hydrogens is 301 g/mol. The number of hydrogen-bond acceptors (Lipinski definition) is 3. The summed E-state index contributed by atoms with van der Waals surface area (Å²) in [6, 6.07) is 12.3. The summed E-state index contributed by atoms with van der Waals surface area (Å²) >= 11 is 6.08. The fourth-order valence-electron chi connectivity index (χ4n) is 2.36. The number of benzene rings is 2. The van der Waals surface area contributed by atoms with Crippen LogP contribution in [0.5, 0.6) is 0 Å². The molecule has 0 aliphatic heterocycles. The highest BCUT2D eigenvalue weighted by Gasteiger charge is 2.23. The largest absolute Gasteiger partial charge is 0.367 e. The molecule has 0 unspecified atom stereocenters. The van der Waals surface area contributed by atoms with Crippen LogP contribution in [0, 0.1) is 5.82 Å². The lowest BCUT2D eigenvalue weighted by atomic mass is 10.2. The first-order valence-corrected chi connectivity index (χ1v) is 7.56. The van der Waals surface area contributed by atoms with Crippen LogP contribution in [0.2, 0.25) is 5.02 Å². The third-order valence-electron chi connectivity index (χ3n) is 3.68. The van der Waals surface area contributed by atoms with Gasteiger partial charge in [-0.2, -0.15) is 0 Å². The van der Waals surface area contributed by atoms with Crippen molar-refractivity contribution < 1.29 is 4.39 Å². The molecule has 0 saturated heterocycles. The Morgan fingerprint density at radius 3 is 2.55 bits per heavy atom. The van der Waals surface area contributed by atoms with Crippen LogP contribution in [0.4, 0.5) is 10.2 Å². The molecule has 5 heteroatoms. The highest BCUT2D eigenvalue weighted by molar-refractivity contribution is 6.31. The molecule has 22 heavy (non-hydrogen) atoms. The van der Waals surface area contributed by atoms with Crippen molar-refractivity contribution in [2.24, 2.45) is 0 Å². The van der Waals surface area contributed by atoms with E-state index in [4.69, 9.17) is 11.6 Å². The summed E-state index contributed by atoms with van der Waals surface area (Å²) in [5.41, 5.74) is 1.56. The summed E-state index contributed by atoms with van der Waals surface area (Å²) in [7, 11) is 0. The minimum atomic E-state index is -0.274. The Kier molecular flexibility index (Phi) is 3.19. The van der Waals surface area contributed by atoms with Crippen molar-refractivity contribution in [1.29, 1.82) is 0 Å². The Bertz CT molecular complexity index is 844. The summed E-state index contributed by atoms with van der Waals surface area (Å²) in [6.45, 7) is 0. The lowest BCUT2D eigenvalue weighted by Gasteiger charge is -2.10. The molecule has 1 aliphatic rings. The summed E-state index contributed by atoms with van der Waals surface area (Å²) in [5.74, 6) is 1.10. The molecule has 1 saturated carbocycles. The number of fused-ring (bicyclic) bond motifs is 1. The van der Waals surface area contributed by atoms with Gasteiger partial charge in [-0.15, -0.1) is 0 Å². The fourth-order valence-corrected chi connectivity index (χ4v) is 2.53. The van der Waals surface area contributed by atoms with E-state index in [2.05, 4.69) is 15.3 Å². The second-order valence-corrected chi connectivity index (χ2v) is 5.92. The van der Waals surface area contributed by atoms with Crippen molar-refractivity contribution in [3.05, 3.63) is 53.3 Å². The number of aromatic nitrogens is 2. The lowest BCUT2D eigenvalue weighted by Crippen LogP contribution is -2.05. The molecule has 1 aromatic heterocycles. The van der Waals surface area contributed by atoms with Gasteiger partial charge in [0, 0.05) is 22.0 Å². The average Bonchev–Trinajstić information content (AvgIpc) is 3.31. The molecule has 0 atom stereocenters. The third kappa shape index (κ3) is 2.62. The van der Waals surface area contributed by atoms with Crippen LogP contribution in [-0.4, -0.2) is 16.0 Å². The maximum absolute atomic E-state index is 13.1. The molecule has 1 heterocycles. The van der Waals surface area contributed by atoms with Crippen LogP contribution >= 0.6 is 11.6 Å². The van der Waals surface area contributed by atoms with Crippen molar-refractivity contribution in [3.8, 4) is 11.4 Å². The van der Waals surface area contributed by atoms with Crippen LogP contribution in [0.3, 0.4) is 0 Å². The molecule has 3 nitrogen and oxygen atoms in total. The predicted molar refractivity (Wildman–Crippen MR) is 86.6 cm³/mol. The molecule has 1 N–H and O–H groups in total. The molecule has 0 bridgehead atoms. The van der Waals surface area contributed by atoms with Gasteiger partial charge in [0.25, 0.3) is 0 Å². The average molecular weight is 314 g/mol. The third-order valence-corrected chi connectivity index (χ3v) is 3.91. The molecule has 110 valence electrons. The van der Waals surface area contributed by atoms with Gasteiger partial charge in [0.1, 0.15) is 11.6 Å². The summed E-state index contributed by atoms with van der Waals surface area (Å²) in [6.07, 6.45) is 2.32. The Balaban J connectivity index is 1.88. The maximum atomic E-state index is 13.1. The van der Waals surface area contributed by atoms with E-state index in [1.165, 1.54) is 12.1 Å². The van der Waals surface area contributed by atoms with E-state index >= 15 is 0 Å². The number of nitrogens with zero attached hydrogens (tertiary/aromatic N) is 2. The van der Waals surface area contributed by atoms with Gasteiger partial charge in [-0.25, -0.2) is 14.4 Å². The van der Waals surface area contributed by atoms with Gasteiger partial charge in [-0.3, -0.25) is 0 Å². The van der Waals surface area contributed by atoms with Crippen LogP contribution in [0.15, 0.2) is 42.5 Å². The molecule has 1 fully saturated rings. The highest BCUT2D eigenvalue weighted by Crippen LogP contribution is 2.31. The highest BCUT2D eigenvalue weighted by atomic mass is 35.5. The SMILES string of the molecule is Fc1ccc(-c2nc(NC3CC3)c3ccc(Cl)cc3n2)cc1. The van der Waals surface area contributed by atoms with E-state index < -0.39 is 0 Å².